The average molecular weight is 250 g/mol. The topological polar surface area (TPSA) is 38.0 Å². The van der Waals surface area contributed by atoms with Gasteiger partial charge in [-0.05, 0) is 32.6 Å². The van der Waals surface area contributed by atoms with Gasteiger partial charge in [0.15, 0.2) is 0 Å². The molecule has 1 heterocycles. The van der Waals surface area contributed by atoms with Crippen molar-refractivity contribution in [3.63, 3.8) is 0 Å². The monoisotopic (exact) mass is 250 g/mol. The molecule has 1 N–H and O–H groups in total. The van der Waals surface area contributed by atoms with Crippen LogP contribution >= 0.6 is 0 Å². The highest BCUT2D eigenvalue weighted by Crippen LogP contribution is 2.31. The Hall–Kier alpha value is -0.830. The Kier molecular flexibility index (Phi) is 4.44. The number of rotatable bonds is 4. The van der Waals surface area contributed by atoms with E-state index in [0.29, 0.717) is 0 Å². The van der Waals surface area contributed by atoms with Crippen LogP contribution in [-0.4, -0.2) is 14.9 Å². The summed E-state index contributed by atoms with van der Waals surface area (Å²) in [5.41, 5.74) is 3.13. The molecule has 0 saturated heterocycles. The molecule has 0 radical (unpaired) electrons. The molecule has 3 heteroatoms. The fraction of sp³-hybridized carbons (Fsp3) is 0.800. The van der Waals surface area contributed by atoms with Gasteiger partial charge in [0.25, 0.3) is 0 Å². The summed E-state index contributed by atoms with van der Waals surface area (Å²) in [6.07, 6.45) is 8.60. The summed E-state index contributed by atoms with van der Waals surface area (Å²) < 4.78 is 1.87. The van der Waals surface area contributed by atoms with Gasteiger partial charge in [0.2, 0.25) is 0 Å². The molecule has 1 aromatic heterocycles. The Bertz CT molecular complexity index is 391. The lowest BCUT2D eigenvalue weighted by molar-refractivity contribution is 0.150. The van der Waals surface area contributed by atoms with Gasteiger partial charge < -0.3 is 5.11 Å². The molecule has 2 rings (SSSR count). The molecular weight excluding hydrogens is 224 g/mol. The van der Waals surface area contributed by atoms with Crippen molar-refractivity contribution in [2.45, 2.75) is 64.9 Å². The summed E-state index contributed by atoms with van der Waals surface area (Å²) in [6, 6.07) is 0. The number of hydrogen-bond acceptors (Lipinski definition) is 2. The van der Waals surface area contributed by atoms with Crippen LogP contribution in [0.5, 0.6) is 0 Å². The highest BCUT2D eigenvalue weighted by Gasteiger charge is 2.20. The molecule has 1 aliphatic carbocycles. The zero-order chi connectivity index (χ0) is 13.1. The molecule has 0 aliphatic heterocycles. The van der Waals surface area contributed by atoms with Gasteiger partial charge in [0.05, 0.1) is 11.8 Å². The second-order valence-corrected chi connectivity index (χ2v) is 5.81. The predicted molar refractivity (Wildman–Crippen MR) is 73.5 cm³/mol. The molecule has 1 fully saturated rings. The van der Waals surface area contributed by atoms with Crippen molar-refractivity contribution in [1.82, 2.24) is 9.78 Å². The van der Waals surface area contributed by atoms with Crippen molar-refractivity contribution >= 4 is 0 Å². The van der Waals surface area contributed by atoms with Gasteiger partial charge >= 0.3 is 0 Å². The minimum absolute atomic E-state index is 0.333. The van der Waals surface area contributed by atoms with Crippen LogP contribution in [-0.2, 0) is 7.05 Å². The summed E-state index contributed by atoms with van der Waals surface area (Å²) in [5, 5.41) is 14.8. The molecule has 1 atom stereocenters. The Labute approximate surface area is 110 Å². The van der Waals surface area contributed by atoms with Gasteiger partial charge in [0.1, 0.15) is 0 Å². The first kappa shape index (κ1) is 13.6. The quantitative estimate of drug-likeness (QED) is 0.889. The zero-order valence-electron chi connectivity index (χ0n) is 11.9. The molecule has 1 unspecified atom stereocenters. The molecular formula is C15H26N2O. The minimum Gasteiger partial charge on any atom is -0.388 e. The normalized spacial score (nSPS) is 19.1. The fourth-order valence-electron chi connectivity index (χ4n) is 3.29. The Morgan fingerprint density at radius 3 is 2.50 bits per heavy atom. The van der Waals surface area contributed by atoms with Crippen molar-refractivity contribution in [2.75, 3.05) is 0 Å². The lowest BCUT2D eigenvalue weighted by Gasteiger charge is -2.22. The van der Waals surface area contributed by atoms with Crippen LogP contribution in [0.1, 0.15) is 68.0 Å². The summed E-state index contributed by atoms with van der Waals surface area (Å²) >= 11 is 0. The molecule has 0 aromatic carbocycles. The maximum Gasteiger partial charge on any atom is 0.0826 e. The van der Waals surface area contributed by atoms with Gasteiger partial charge in [-0.25, -0.2) is 0 Å². The zero-order valence-corrected chi connectivity index (χ0v) is 11.9. The Balaban J connectivity index is 1.92. The van der Waals surface area contributed by atoms with Gasteiger partial charge in [0, 0.05) is 18.3 Å². The predicted octanol–water partition coefficient (Wildman–Crippen LogP) is 3.43. The first-order valence-electron chi connectivity index (χ1n) is 7.27. The van der Waals surface area contributed by atoms with Crippen LogP contribution in [0.25, 0.3) is 0 Å². The largest absolute Gasteiger partial charge is 0.388 e. The molecule has 1 aliphatic rings. The molecule has 0 amide bonds. The van der Waals surface area contributed by atoms with Crippen molar-refractivity contribution in [3.8, 4) is 0 Å². The third-order valence-electron chi connectivity index (χ3n) is 4.47. The standard InChI is InChI=1S/C15H26N2O/c1-11-15(12(2)17(3)16-11)14(18)10-9-13-7-5-4-6-8-13/h13-14,18H,4-10H2,1-3H3. The van der Waals surface area contributed by atoms with Crippen LogP contribution < -0.4 is 0 Å². The van der Waals surface area contributed by atoms with E-state index in [1.165, 1.54) is 32.1 Å². The van der Waals surface area contributed by atoms with Crippen LogP contribution in [0.15, 0.2) is 0 Å². The average Bonchev–Trinajstić information content (AvgIpc) is 2.62. The smallest absolute Gasteiger partial charge is 0.0826 e. The molecule has 3 nitrogen and oxygen atoms in total. The Morgan fingerprint density at radius 2 is 1.94 bits per heavy atom. The summed E-state index contributed by atoms with van der Waals surface area (Å²) in [6.45, 7) is 4.03. The molecule has 1 aromatic rings. The highest BCUT2D eigenvalue weighted by atomic mass is 16.3. The van der Waals surface area contributed by atoms with Gasteiger partial charge in [-0.15, -0.1) is 0 Å². The summed E-state index contributed by atoms with van der Waals surface area (Å²) in [5.74, 6) is 0.839. The highest BCUT2D eigenvalue weighted by molar-refractivity contribution is 5.26. The third kappa shape index (κ3) is 2.94. The first-order valence-corrected chi connectivity index (χ1v) is 7.27. The van der Waals surface area contributed by atoms with Crippen LogP contribution in [0.4, 0.5) is 0 Å². The number of hydrogen-bond donors (Lipinski definition) is 1. The van der Waals surface area contributed by atoms with Gasteiger partial charge in [-0.3, -0.25) is 4.68 Å². The second kappa shape index (κ2) is 5.87. The van der Waals surface area contributed by atoms with E-state index in [4.69, 9.17) is 0 Å². The molecule has 18 heavy (non-hydrogen) atoms. The fourth-order valence-corrected chi connectivity index (χ4v) is 3.29. The summed E-state index contributed by atoms with van der Waals surface area (Å²) in [4.78, 5) is 0. The first-order chi connectivity index (χ1) is 8.59. The van der Waals surface area contributed by atoms with E-state index in [-0.39, 0.29) is 6.10 Å². The third-order valence-corrected chi connectivity index (χ3v) is 4.47. The molecule has 0 spiro atoms. The second-order valence-electron chi connectivity index (χ2n) is 5.81. The van der Waals surface area contributed by atoms with E-state index in [1.54, 1.807) is 0 Å². The van der Waals surface area contributed by atoms with E-state index < -0.39 is 0 Å². The van der Waals surface area contributed by atoms with E-state index in [1.807, 2.05) is 25.6 Å². The van der Waals surface area contributed by atoms with E-state index >= 15 is 0 Å². The number of aliphatic hydroxyl groups excluding tert-OH is 1. The van der Waals surface area contributed by atoms with Crippen LogP contribution in [0.2, 0.25) is 0 Å². The Morgan fingerprint density at radius 1 is 1.28 bits per heavy atom. The maximum absolute atomic E-state index is 10.4. The van der Waals surface area contributed by atoms with Crippen molar-refractivity contribution in [1.29, 1.82) is 0 Å². The number of aliphatic hydroxyl groups is 1. The lowest BCUT2D eigenvalue weighted by atomic mass is 9.85. The maximum atomic E-state index is 10.4. The van der Waals surface area contributed by atoms with Crippen LogP contribution in [0.3, 0.4) is 0 Å². The van der Waals surface area contributed by atoms with Crippen molar-refractivity contribution in [3.05, 3.63) is 17.0 Å². The van der Waals surface area contributed by atoms with E-state index in [2.05, 4.69) is 5.10 Å². The van der Waals surface area contributed by atoms with E-state index in [0.717, 1.165) is 35.7 Å². The van der Waals surface area contributed by atoms with Gasteiger partial charge in [-0.2, -0.15) is 5.10 Å². The van der Waals surface area contributed by atoms with Crippen molar-refractivity contribution < 1.29 is 5.11 Å². The number of aryl methyl sites for hydroxylation is 2. The SMILES string of the molecule is Cc1nn(C)c(C)c1C(O)CCC1CCCCC1. The molecule has 1 saturated carbocycles. The minimum atomic E-state index is -0.333. The number of aromatic nitrogens is 2. The summed E-state index contributed by atoms with van der Waals surface area (Å²) in [7, 11) is 1.94. The molecule has 102 valence electrons. The number of nitrogens with zero attached hydrogens (tertiary/aromatic N) is 2. The van der Waals surface area contributed by atoms with E-state index in [9.17, 15) is 5.11 Å². The van der Waals surface area contributed by atoms with Gasteiger partial charge in [-0.1, -0.05) is 32.1 Å². The lowest BCUT2D eigenvalue weighted by Crippen LogP contribution is -2.09. The van der Waals surface area contributed by atoms with Crippen LogP contribution in [0, 0.1) is 19.8 Å². The van der Waals surface area contributed by atoms with Crippen molar-refractivity contribution in [2.24, 2.45) is 13.0 Å². The molecule has 0 bridgehead atoms.